The van der Waals surface area contributed by atoms with E-state index in [0.29, 0.717) is 23.0 Å². The van der Waals surface area contributed by atoms with Gasteiger partial charge in [0, 0.05) is 24.2 Å². The largest absolute Gasteiger partial charge is 0.439 e. The first-order chi connectivity index (χ1) is 10.6. The molecule has 6 nitrogen and oxygen atoms in total. The van der Waals surface area contributed by atoms with Gasteiger partial charge in [-0.3, -0.25) is 14.3 Å². The molecule has 0 atom stereocenters. The number of hydrogen-bond donors (Lipinski definition) is 1. The summed E-state index contributed by atoms with van der Waals surface area (Å²) in [6, 6.07) is 7.39. The smallest absolute Gasteiger partial charge is 0.339 e. The van der Waals surface area contributed by atoms with Crippen LogP contribution in [-0.2, 0) is 0 Å². The van der Waals surface area contributed by atoms with E-state index < -0.39 is 5.76 Å². The SMILES string of the molecule is CN(C(=O)c1cccc(-c2noc(=O)[nH]2)c1)C1CCCCC1. The quantitative estimate of drug-likeness (QED) is 0.944. The van der Waals surface area contributed by atoms with Gasteiger partial charge in [-0.25, -0.2) is 4.79 Å². The van der Waals surface area contributed by atoms with Crippen LogP contribution in [0.15, 0.2) is 33.6 Å². The van der Waals surface area contributed by atoms with E-state index in [4.69, 9.17) is 0 Å². The number of amides is 1. The van der Waals surface area contributed by atoms with Crippen LogP contribution in [0, 0.1) is 0 Å². The van der Waals surface area contributed by atoms with Gasteiger partial charge >= 0.3 is 5.76 Å². The van der Waals surface area contributed by atoms with Crippen LogP contribution >= 0.6 is 0 Å². The van der Waals surface area contributed by atoms with Crippen molar-refractivity contribution >= 4 is 5.91 Å². The topological polar surface area (TPSA) is 79.2 Å². The third-order valence-corrected chi connectivity index (χ3v) is 4.27. The maximum Gasteiger partial charge on any atom is 0.439 e. The van der Waals surface area contributed by atoms with Gasteiger partial charge in [0.1, 0.15) is 0 Å². The lowest BCUT2D eigenvalue weighted by Gasteiger charge is -2.31. The Labute approximate surface area is 128 Å². The molecule has 22 heavy (non-hydrogen) atoms. The summed E-state index contributed by atoms with van der Waals surface area (Å²) in [5.41, 5.74) is 1.25. The predicted molar refractivity (Wildman–Crippen MR) is 81.5 cm³/mol. The van der Waals surface area contributed by atoms with Crippen molar-refractivity contribution in [2.45, 2.75) is 38.1 Å². The number of carbonyl (C=O) groups is 1. The van der Waals surface area contributed by atoms with E-state index in [1.807, 2.05) is 11.9 Å². The molecule has 1 heterocycles. The number of aromatic amines is 1. The van der Waals surface area contributed by atoms with Gasteiger partial charge in [-0.05, 0) is 25.0 Å². The number of nitrogens with one attached hydrogen (secondary N) is 1. The van der Waals surface area contributed by atoms with Gasteiger partial charge in [-0.15, -0.1) is 0 Å². The molecule has 0 bridgehead atoms. The fraction of sp³-hybridized carbons (Fsp3) is 0.438. The zero-order chi connectivity index (χ0) is 15.5. The van der Waals surface area contributed by atoms with Crippen LogP contribution in [0.2, 0.25) is 0 Å². The van der Waals surface area contributed by atoms with E-state index in [0.717, 1.165) is 12.8 Å². The Bertz CT molecular complexity index is 713. The summed E-state index contributed by atoms with van der Waals surface area (Å²) in [6.45, 7) is 0. The first kappa shape index (κ1) is 14.6. The van der Waals surface area contributed by atoms with Crippen LogP contribution in [0.25, 0.3) is 11.4 Å². The molecule has 0 unspecified atom stereocenters. The highest BCUT2D eigenvalue weighted by Gasteiger charge is 2.23. The zero-order valence-corrected chi connectivity index (χ0v) is 12.5. The minimum atomic E-state index is -0.606. The Morgan fingerprint density at radius 3 is 2.77 bits per heavy atom. The average molecular weight is 301 g/mol. The summed E-state index contributed by atoms with van der Waals surface area (Å²) < 4.78 is 4.51. The molecule has 0 radical (unpaired) electrons. The Kier molecular flexibility index (Phi) is 4.09. The molecule has 6 heteroatoms. The molecule has 1 N–H and O–H groups in total. The first-order valence-electron chi connectivity index (χ1n) is 7.59. The number of carbonyl (C=O) groups excluding carboxylic acids is 1. The van der Waals surface area contributed by atoms with Crippen molar-refractivity contribution < 1.29 is 9.32 Å². The van der Waals surface area contributed by atoms with Gasteiger partial charge in [0.15, 0.2) is 5.82 Å². The number of H-pyrrole nitrogens is 1. The summed E-state index contributed by atoms with van der Waals surface area (Å²) in [5, 5.41) is 3.65. The lowest BCUT2D eigenvalue weighted by Crippen LogP contribution is -2.38. The monoisotopic (exact) mass is 301 g/mol. The molecule has 0 saturated heterocycles. The molecule has 1 amide bonds. The van der Waals surface area contributed by atoms with E-state index in [1.165, 1.54) is 19.3 Å². The first-order valence-corrected chi connectivity index (χ1v) is 7.59. The maximum absolute atomic E-state index is 12.6. The minimum absolute atomic E-state index is 0.000378. The van der Waals surface area contributed by atoms with Crippen LogP contribution < -0.4 is 5.76 Å². The molecule has 2 aromatic rings. The second-order valence-electron chi connectivity index (χ2n) is 5.73. The third-order valence-electron chi connectivity index (χ3n) is 4.27. The van der Waals surface area contributed by atoms with Gasteiger partial charge in [-0.1, -0.05) is 36.6 Å². The Morgan fingerprint density at radius 1 is 1.32 bits per heavy atom. The minimum Gasteiger partial charge on any atom is -0.339 e. The lowest BCUT2D eigenvalue weighted by molar-refractivity contribution is 0.0696. The van der Waals surface area contributed by atoms with E-state index in [1.54, 1.807) is 24.3 Å². The Hall–Kier alpha value is -2.37. The van der Waals surface area contributed by atoms with Crippen LogP contribution in [0.5, 0.6) is 0 Å². The maximum atomic E-state index is 12.6. The fourth-order valence-corrected chi connectivity index (χ4v) is 2.99. The Morgan fingerprint density at radius 2 is 2.09 bits per heavy atom. The van der Waals surface area contributed by atoms with Crippen molar-refractivity contribution in [1.29, 1.82) is 0 Å². The van der Waals surface area contributed by atoms with E-state index in [2.05, 4.69) is 14.7 Å². The molecular formula is C16H19N3O3. The molecular weight excluding hydrogens is 282 g/mol. The number of rotatable bonds is 3. The van der Waals surface area contributed by atoms with Crippen LogP contribution in [0.4, 0.5) is 0 Å². The van der Waals surface area contributed by atoms with Crippen molar-refractivity contribution in [2.24, 2.45) is 0 Å². The molecule has 1 fully saturated rings. The summed E-state index contributed by atoms with van der Waals surface area (Å²) in [5.74, 6) is -0.273. The Balaban J connectivity index is 1.82. The van der Waals surface area contributed by atoms with Gasteiger partial charge < -0.3 is 4.90 Å². The average Bonchev–Trinajstić information content (AvgIpc) is 3.01. The molecule has 1 saturated carbocycles. The van der Waals surface area contributed by atoms with E-state index in [-0.39, 0.29) is 5.91 Å². The normalized spacial score (nSPS) is 15.7. The number of hydrogen-bond acceptors (Lipinski definition) is 4. The molecule has 1 aliphatic carbocycles. The highest BCUT2D eigenvalue weighted by molar-refractivity contribution is 5.95. The van der Waals surface area contributed by atoms with Crippen molar-refractivity contribution in [3.63, 3.8) is 0 Å². The van der Waals surface area contributed by atoms with E-state index >= 15 is 0 Å². The van der Waals surface area contributed by atoms with Gasteiger partial charge in [-0.2, -0.15) is 0 Å². The van der Waals surface area contributed by atoms with E-state index in [9.17, 15) is 9.59 Å². The number of nitrogens with zero attached hydrogens (tertiary/aromatic N) is 2. The molecule has 1 aromatic carbocycles. The van der Waals surface area contributed by atoms with Gasteiger partial charge in [0.2, 0.25) is 0 Å². The third kappa shape index (κ3) is 2.95. The standard InChI is InChI=1S/C16H19N3O3/c1-19(13-8-3-2-4-9-13)15(20)12-7-5-6-11(10-12)14-17-16(21)22-18-14/h5-7,10,13H,2-4,8-9H2,1H3,(H,17,18,21). The van der Waals surface area contributed by atoms with Crippen molar-refractivity contribution in [3.05, 3.63) is 40.4 Å². The number of benzene rings is 1. The molecule has 1 aliphatic rings. The van der Waals surface area contributed by atoms with Crippen molar-refractivity contribution in [1.82, 2.24) is 15.0 Å². The molecule has 116 valence electrons. The van der Waals surface area contributed by atoms with Gasteiger partial charge in [0.25, 0.3) is 5.91 Å². The summed E-state index contributed by atoms with van der Waals surface area (Å²) >= 11 is 0. The predicted octanol–water partition coefficient (Wildman–Crippen LogP) is 2.43. The van der Waals surface area contributed by atoms with Gasteiger partial charge in [0.05, 0.1) is 0 Å². The van der Waals surface area contributed by atoms with Crippen LogP contribution in [0.1, 0.15) is 42.5 Å². The number of aromatic nitrogens is 2. The van der Waals surface area contributed by atoms with Crippen molar-refractivity contribution in [2.75, 3.05) is 7.05 Å². The molecule has 1 aromatic heterocycles. The second kappa shape index (κ2) is 6.17. The summed E-state index contributed by atoms with van der Waals surface area (Å²) in [6.07, 6.45) is 5.76. The summed E-state index contributed by atoms with van der Waals surface area (Å²) in [4.78, 5) is 28.0. The van der Waals surface area contributed by atoms with Crippen molar-refractivity contribution in [3.8, 4) is 11.4 Å². The lowest BCUT2D eigenvalue weighted by atomic mass is 9.94. The molecule has 3 rings (SSSR count). The highest BCUT2D eigenvalue weighted by Crippen LogP contribution is 2.23. The van der Waals surface area contributed by atoms with Crippen LogP contribution in [-0.4, -0.2) is 34.0 Å². The zero-order valence-electron chi connectivity index (χ0n) is 12.5. The molecule has 0 spiro atoms. The highest BCUT2D eigenvalue weighted by atomic mass is 16.5. The van der Waals surface area contributed by atoms with Crippen LogP contribution in [0.3, 0.4) is 0 Å². The molecule has 0 aliphatic heterocycles. The second-order valence-corrected chi connectivity index (χ2v) is 5.73. The fourth-order valence-electron chi connectivity index (χ4n) is 2.99. The summed E-state index contributed by atoms with van der Waals surface area (Å²) in [7, 11) is 1.86.